The highest BCUT2D eigenvalue weighted by molar-refractivity contribution is 7.89. The number of nitrogens with zero attached hydrogens (tertiary/aromatic N) is 1. The van der Waals surface area contributed by atoms with E-state index >= 15 is 0 Å². The Morgan fingerprint density at radius 3 is 2.76 bits per heavy atom. The van der Waals surface area contributed by atoms with E-state index in [1.54, 1.807) is 12.1 Å². The van der Waals surface area contributed by atoms with Crippen LogP contribution in [0.3, 0.4) is 0 Å². The maximum atomic E-state index is 12.2. The summed E-state index contributed by atoms with van der Waals surface area (Å²) in [5.74, 6) is -0.254. The van der Waals surface area contributed by atoms with Gasteiger partial charge in [-0.3, -0.25) is 4.79 Å². The molecule has 0 atom stereocenters. The largest absolute Gasteiger partial charge is 0.326 e. The van der Waals surface area contributed by atoms with Crippen LogP contribution in [0.4, 0.5) is 5.69 Å². The number of aryl methyl sites for hydroxylation is 1. The quantitative estimate of drug-likeness (QED) is 0.878. The van der Waals surface area contributed by atoms with Crippen molar-refractivity contribution in [3.05, 3.63) is 40.3 Å². The van der Waals surface area contributed by atoms with E-state index in [0.717, 1.165) is 5.69 Å². The maximum absolute atomic E-state index is 12.2. The average molecular weight is 325 g/mol. The van der Waals surface area contributed by atoms with Crippen molar-refractivity contribution in [3.63, 3.8) is 0 Å². The number of thiazole rings is 1. The average Bonchev–Trinajstić information content (AvgIpc) is 2.82. The number of nitrogens with one attached hydrogen (secondary N) is 2. The fourth-order valence-corrected chi connectivity index (χ4v) is 3.50. The van der Waals surface area contributed by atoms with Crippen LogP contribution in [-0.4, -0.2) is 19.3 Å². The van der Waals surface area contributed by atoms with Crippen LogP contribution in [0.15, 0.2) is 34.5 Å². The van der Waals surface area contributed by atoms with E-state index in [-0.39, 0.29) is 17.3 Å². The summed E-state index contributed by atoms with van der Waals surface area (Å²) in [6, 6.07) is 6.09. The summed E-state index contributed by atoms with van der Waals surface area (Å²) in [4.78, 5) is 15.3. The van der Waals surface area contributed by atoms with Crippen molar-refractivity contribution in [2.45, 2.75) is 25.3 Å². The van der Waals surface area contributed by atoms with Crippen LogP contribution in [-0.2, 0) is 21.4 Å². The van der Waals surface area contributed by atoms with Gasteiger partial charge in [0.15, 0.2) is 0 Å². The lowest BCUT2D eigenvalue weighted by molar-refractivity contribution is -0.114. The summed E-state index contributed by atoms with van der Waals surface area (Å²) in [6.45, 7) is 3.36. The number of aromatic nitrogens is 1. The summed E-state index contributed by atoms with van der Waals surface area (Å²) in [7, 11) is -3.64. The van der Waals surface area contributed by atoms with Crippen molar-refractivity contribution in [1.29, 1.82) is 0 Å². The molecule has 0 unspecified atom stereocenters. The standard InChI is InChI=1S/C13H15N3O3S2/c1-9-8-20-13(15-9)7-14-21(18,19)12-5-3-4-11(6-12)16-10(2)17/h3-6,8,14H,7H2,1-2H3,(H,16,17). The first kappa shape index (κ1) is 15.6. The minimum absolute atomic E-state index is 0.0991. The monoisotopic (exact) mass is 325 g/mol. The van der Waals surface area contributed by atoms with Gasteiger partial charge in [-0.2, -0.15) is 0 Å². The molecule has 112 valence electrons. The van der Waals surface area contributed by atoms with Crippen molar-refractivity contribution >= 4 is 33.0 Å². The minimum Gasteiger partial charge on any atom is -0.326 e. The number of hydrogen-bond donors (Lipinski definition) is 2. The Bertz CT molecular complexity index is 754. The molecule has 0 radical (unpaired) electrons. The molecule has 0 aliphatic heterocycles. The van der Waals surface area contributed by atoms with Crippen LogP contribution in [0.5, 0.6) is 0 Å². The zero-order valence-electron chi connectivity index (χ0n) is 11.6. The van der Waals surface area contributed by atoms with Crippen molar-refractivity contribution in [2.75, 3.05) is 5.32 Å². The molecule has 2 aromatic rings. The van der Waals surface area contributed by atoms with Crippen LogP contribution in [0.1, 0.15) is 17.6 Å². The summed E-state index contributed by atoms with van der Waals surface area (Å²) in [5, 5.41) is 5.12. The first-order valence-corrected chi connectivity index (χ1v) is 8.51. The van der Waals surface area contributed by atoms with E-state index in [1.807, 2.05) is 12.3 Å². The van der Waals surface area contributed by atoms with E-state index in [2.05, 4.69) is 15.0 Å². The third-order valence-electron chi connectivity index (χ3n) is 2.54. The third-order valence-corrected chi connectivity index (χ3v) is 4.91. The number of carbonyl (C=O) groups is 1. The zero-order chi connectivity index (χ0) is 15.5. The summed E-state index contributed by atoms with van der Waals surface area (Å²) in [6.07, 6.45) is 0. The predicted molar refractivity (Wildman–Crippen MR) is 81.6 cm³/mol. The molecular formula is C13H15N3O3S2. The van der Waals surface area contributed by atoms with Crippen LogP contribution < -0.4 is 10.0 Å². The van der Waals surface area contributed by atoms with Gasteiger partial charge in [0.05, 0.1) is 11.4 Å². The second kappa shape index (κ2) is 6.33. The lowest BCUT2D eigenvalue weighted by atomic mass is 10.3. The third kappa shape index (κ3) is 4.35. The number of anilines is 1. The molecule has 0 fully saturated rings. The van der Waals surface area contributed by atoms with Crippen molar-refractivity contribution in [2.24, 2.45) is 0 Å². The van der Waals surface area contributed by atoms with Crippen molar-refractivity contribution in [1.82, 2.24) is 9.71 Å². The first-order chi connectivity index (χ1) is 9.87. The van der Waals surface area contributed by atoms with Gasteiger partial charge in [0.1, 0.15) is 5.01 Å². The van der Waals surface area contributed by atoms with Gasteiger partial charge in [0.25, 0.3) is 0 Å². The van der Waals surface area contributed by atoms with Crippen molar-refractivity contribution < 1.29 is 13.2 Å². The molecule has 0 saturated heterocycles. The van der Waals surface area contributed by atoms with E-state index in [4.69, 9.17) is 0 Å². The molecule has 0 aliphatic rings. The van der Waals surface area contributed by atoms with E-state index in [0.29, 0.717) is 10.7 Å². The topological polar surface area (TPSA) is 88.2 Å². The van der Waals surface area contributed by atoms with Gasteiger partial charge in [0.2, 0.25) is 15.9 Å². The number of carbonyl (C=O) groups excluding carboxylic acids is 1. The lowest BCUT2D eigenvalue weighted by Gasteiger charge is -2.07. The van der Waals surface area contributed by atoms with Gasteiger partial charge >= 0.3 is 0 Å². The molecule has 1 heterocycles. The Labute approximate surface area is 127 Å². The SMILES string of the molecule is CC(=O)Nc1cccc(S(=O)(=O)NCc2nc(C)cs2)c1. The highest BCUT2D eigenvalue weighted by Crippen LogP contribution is 2.16. The molecule has 0 bridgehead atoms. The van der Waals surface area contributed by atoms with E-state index in [9.17, 15) is 13.2 Å². The summed E-state index contributed by atoms with van der Waals surface area (Å²) < 4.78 is 26.9. The number of rotatable bonds is 5. The van der Waals surface area contributed by atoms with E-state index < -0.39 is 10.0 Å². The molecule has 0 saturated carbocycles. The smallest absolute Gasteiger partial charge is 0.241 e. The molecule has 6 nitrogen and oxygen atoms in total. The zero-order valence-corrected chi connectivity index (χ0v) is 13.2. The molecule has 8 heteroatoms. The predicted octanol–water partition coefficient (Wildman–Crippen LogP) is 1.89. The number of sulfonamides is 1. The molecular weight excluding hydrogens is 310 g/mol. The second-order valence-corrected chi connectivity index (χ2v) is 7.13. The fourth-order valence-electron chi connectivity index (χ4n) is 1.67. The van der Waals surface area contributed by atoms with Crippen molar-refractivity contribution in [3.8, 4) is 0 Å². The van der Waals surface area contributed by atoms with Gasteiger partial charge < -0.3 is 5.32 Å². The second-order valence-electron chi connectivity index (χ2n) is 4.42. The fraction of sp³-hybridized carbons (Fsp3) is 0.231. The Hall–Kier alpha value is -1.77. The molecule has 1 aromatic heterocycles. The number of amides is 1. The summed E-state index contributed by atoms with van der Waals surface area (Å²) >= 11 is 1.40. The highest BCUT2D eigenvalue weighted by atomic mass is 32.2. The van der Waals surface area contributed by atoms with Gasteiger partial charge in [0, 0.05) is 23.7 Å². The van der Waals surface area contributed by atoms with Gasteiger partial charge in [-0.1, -0.05) is 6.07 Å². The first-order valence-electron chi connectivity index (χ1n) is 6.15. The Morgan fingerprint density at radius 1 is 1.38 bits per heavy atom. The Kier molecular flexibility index (Phi) is 4.71. The molecule has 1 aromatic carbocycles. The normalized spacial score (nSPS) is 11.3. The Morgan fingerprint density at radius 2 is 2.14 bits per heavy atom. The number of hydrogen-bond acceptors (Lipinski definition) is 5. The lowest BCUT2D eigenvalue weighted by Crippen LogP contribution is -2.23. The number of benzene rings is 1. The van der Waals surface area contributed by atoms with Crippen LogP contribution in [0.25, 0.3) is 0 Å². The van der Waals surface area contributed by atoms with Crippen LogP contribution in [0, 0.1) is 6.92 Å². The molecule has 21 heavy (non-hydrogen) atoms. The molecule has 2 N–H and O–H groups in total. The molecule has 1 amide bonds. The van der Waals surface area contributed by atoms with Gasteiger partial charge in [-0.25, -0.2) is 18.1 Å². The Balaban J connectivity index is 2.13. The summed E-state index contributed by atoms with van der Waals surface area (Å²) in [5.41, 5.74) is 1.30. The van der Waals surface area contributed by atoms with Gasteiger partial charge in [-0.05, 0) is 25.1 Å². The minimum atomic E-state index is -3.64. The molecule has 2 rings (SSSR count). The molecule has 0 spiro atoms. The highest BCUT2D eigenvalue weighted by Gasteiger charge is 2.15. The van der Waals surface area contributed by atoms with Gasteiger partial charge in [-0.15, -0.1) is 11.3 Å². The maximum Gasteiger partial charge on any atom is 0.241 e. The van der Waals surface area contributed by atoms with E-state index in [1.165, 1.54) is 30.4 Å². The van der Waals surface area contributed by atoms with Crippen LogP contribution >= 0.6 is 11.3 Å². The van der Waals surface area contributed by atoms with Crippen LogP contribution in [0.2, 0.25) is 0 Å². The molecule has 0 aliphatic carbocycles.